The summed E-state index contributed by atoms with van der Waals surface area (Å²) >= 11 is 5.57. The van der Waals surface area contributed by atoms with Crippen LogP contribution < -0.4 is 4.74 Å². The highest BCUT2D eigenvalue weighted by Gasteiger charge is 2.16. The maximum atomic E-state index is 13.6. The van der Waals surface area contributed by atoms with E-state index in [1.54, 1.807) is 0 Å². The molecule has 0 spiro atoms. The molecule has 0 fully saturated rings. The van der Waals surface area contributed by atoms with Crippen molar-refractivity contribution in [3.63, 3.8) is 0 Å². The summed E-state index contributed by atoms with van der Waals surface area (Å²) in [6.07, 6.45) is 0. The smallest absolute Gasteiger partial charge is 0.335 e. The van der Waals surface area contributed by atoms with Crippen LogP contribution >= 0.6 is 11.6 Å². The predicted molar refractivity (Wildman–Crippen MR) is 69.1 cm³/mol. The van der Waals surface area contributed by atoms with Gasteiger partial charge in [-0.2, -0.15) is 0 Å². The van der Waals surface area contributed by atoms with Crippen LogP contribution in [0.3, 0.4) is 0 Å². The van der Waals surface area contributed by atoms with Gasteiger partial charge in [0.15, 0.2) is 17.4 Å². The first-order valence-corrected chi connectivity index (χ1v) is 6.05. The summed E-state index contributed by atoms with van der Waals surface area (Å²) in [6.45, 7) is -0.250. The number of hydrogen-bond donors (Lipinski definition) is 1. The fraction of sp³-hybridized carbons (Fsp3) is 0.0714. The molecule has 2 aromatic carbocycles. The second-order valence-electron chi connectivity index (χ2n) is 4.11. The zero-order valence-corrected chi connectivity index (χ0v) is 11.1. The summed E-state index contributed by atoms with van der Waals surface area (Å²) in [5.74, 6) is -5.06. The summed E-state index contributed by atoms with van der Waals surface area (Å²) in [5, 5.41) is 8.52. The summed E-state index contributed by atoms with van der Waals surface area (Å²) < 4.78 is 45.1. The van der Waals surface area contributed by atoms with Crippen molar-refractivity contribution < 1.29 is 27.8 Å². The molecule has 0 aliphatic heterocycles. The highest BCUT2D eigenvalue weighted by Crippen LogP contribution is 2.25. The van der Waals surface area contributed by atoms with Crippen molar-refractivity contribution >= 4 is 17.6 Å². The molecule has 0 heterocycles. The summed E-state index contributed by atoms with van der Waals surface area (Å²) in [5.41, 5.74) is -0.121. The number of rotatable bonds is 4. The molecular formula is C14H8ClF3O3. The first-order chi connectivity index (χ1) is 9.88. The Morgan fingerprint density at radius 1 is 1.10 bits per heavy atom. The van der Waals surface area contributed by atoms with Crippen LogP contribution in [0.5, 0.6) is 5.75 Å². The normalized spacial score (nSPS) is 10.5. The molecule has 0 aliphatic carbocycles. The Morgan fingerprint density at radius 2 is 1.71 bits per heavy atom. The van der Waals surface area contributed by atoms with Crippen molar-refractivity contribution in [1.29, 1.82) is 0 Å². The largest absolute Gasteiger partial charge is 0.483 e. The Hall–Kier alpha value is -2.21. The van der Waals surface area contributed by atoms with Crippen molar-refractivity contribution in [2.45, 2.75) is 6.61 Å². The van der Waals surface area contributed by atoms with Crippen LogP contribution in [0.15, 0.2) is 30.3 Å². The van der Waals surface area contributed by atoms with E-state index in [1.165, 1.54) is 12.1 Å². The van der Waals surface area contributed by atoms with Crippen LogP contribution in [0.4, 0.5) is 13.2 Å². The Morgan fingerprint density at radius 3 is 2.24 bits per heavy atom. The number of hydrogen-bond acceptors (Lipinski definition) is 2. The maximum absolute atomic E-state index is 13.6. The highest BCUT2D eigenvalue weighted by molar-refractivity contribution is 6.30. The fourth-order valence-corrected chi connectivity index (χ4v) is 1.81. The number of aromatic carboxylic acids is 1. The Kier molecular flexibility index (Phi) is 4.37. The van der Waals surface area contributed by atoms with Crippen LogP contribution in [0, 0.1) is 17.5 Å². The van der Waals surface area contributed by atoms with E-state index in [0.29, 0.717) is 17.7 Å². The fourth-order valence-electron chi connectivity index (χ4n) is 1.61. The second kappa shape index (κ2) is 6.05. The zero-order valence-electron chi connectivity index (χ0n) is 10.4. The molecule has 0 aromatic heterocycles. The van der Waals surface area contributed by atoms with Crippen molar-refractivity contribution in [3.05, 3.63) is 63.9 Å². The monoisotopic (exact) mass is 316 g/mol. The molecule has 7 heteroatoms. The van der Waals surface area contributed by atoms with Gasteiger partial charge in [-0.15, -0.1) is 0 Å². The third-order valence-corrected chi connectivity index (χ3v) is 2.90. The standard InChI is InChI=1S/C14H8ClF3O3/c15-9-3-7(1-2-10(9)16)6-21-13-11(17)4-8(14(19)20)5-12(13)18/h1-5H,6H2,(H,19,20). The lowest BCUT2D eigenvalue weighted by molar-refractivity contribution is 0.0695. The maximum Gasteiger partial charge on any atom is 0.335 e. The SMILES string of the molecule is O=C(O)c1cc(F)c(OCc2ccc(F)c(Cl)c2)c(F)c1. The van der Waals surface area contributed by atoms with Crippen LogP contribution in [0.1, 0.15) is 15.9 Å². The molecule has 0 saturated heterocycles. The molecule has 0 amide bonds. The Labute approximate surface area is 122 Å². The quantitative estimate of drug-likeness (QED) is 0.926. The van der Waals surface area contributed by atoms with E-state index in [4.69, 9.17) is 21.4 Å². The summed E-state index contributed by atoms with van der Waals surface area (Å²) in [6, 6.07) is 5.01. The average Bonchev–Trinajstić information content (AvgIpc) is 2.41. The van der Waals surface area contributed by atoms with Gasteiger partial charge in [-0.05, 0) is 29.8 Å². The molecule has 0 bridgehead atoms. The summed E-state index contributed by atoms with van der Waals surface area (Å²) in [4.78, 5) is 10.6. The van der Waals surface area contributed by atoms with Gasteiger partial charge in [0.25, 0.3) is 0 Å². The molecule has 21 heavy (non-hydrogen) atoms. The lowest BCUT2D eigenvalue weighted by Crippen LogP contribution is -2.04. The van der Waals surface area contributed by atoms with E-state index in [9.17, 15) is 18.0 Å². The van der Waals surface area contributed by atoms with Gasteiger partial charge in [-0.1, -0.05) is 17.7 Å². The van der Waals surface area contributed by atoms with Gasteiger partial charge in [0.05, 0.1) is 10.6 Å². The molecule has 0 atom stereocenters. The Bertz CT molecular complexity index is 681. The van der Waals surface area contributed by atoms with Crippen molar-refractivity contribution in [1.82, 2.24) is 0 Å². The minimum absolute atomic E-state index is 0.140. The van der Waals surface area contributed by atoms with Crippen LogP contribution in [-0.2, 0) is 6.61 Å². The van der Waals surface area contributed by atoms with Gasteiger partial charge in [0.2, 0.25) is 0 Å². The van der Waals surface area contributed by atoms with Gasteiger partial charge in [0.1, 0.15) is 12.4 Å². The van der Waals surface area contributed by atoms with E-state index < -0.39 is 34.7 Å². The van der Waals surface area contributed by atoms with E-state index >= 15 is 0 Å². The molecule has 0 saturated carbocycles. The predicted octanol–water partition coefficient (Wildman–Crippen LogP) is 4.03. The van der Waals surface area contributed by atoms with Crippen molar-refractivity contribution in [3.8, 4) is 5.75 Å². The number of ether oxygens (including phenoxy) is 1. The van der Waals surface area contributed by atoms with E-state index in [2.05, 4.69) is 0 Å². The van der Waals surface area contributed by atoms with E-state index in [0.717, 1.165) is 6.07 Å². The first-order valence-electron chi connectivity index (χ1n) is 5.67. The highest BCUT2D eigenvalue weighted by atomic mass is 35.5. The van der Waals surface area contributed by atoms with Gasteiger partial charge in [0, 0.05) is 0 Å². The number of carbonyl (C=O) groups is 1. The zero-order chi connectivity index (χ0) is 15.6. The van der Waals surface area contributed by atoms with Gasteiger partial charge in [-0.25, -0.2) is 18.0 Å². The second-order valence-corrected chi connectivity index (χ2v) is 4.52. The third-order valence-electron chi connectivity index (χ3n) is 2.61. The topological polar surface area (TPSA) is 46.5 Å². The van der Waals surface area contributed by atoms with Crippen molar-refractivity contribution in [2.75, 3.05) is 0 Å². The van der Waals surface area contributed by atoms with Gasteiger partial charge >= 0.3 is 5.97 Å². The molecule has 1 N–H and O–H groups in total. The number of carboxylic acid groups (broad SMARTS) is 1. The number of benzene rings is 2. The van der Waals surface area contributed by atoms with Crippen LogP contribution in [-0.4, -0.2) is 11.1 Å². The van der Waals surface area contributed by atoms with Crippen molar-refractivity contribution in [2.24, 2.45) is 0 Å². The average molecular weight is 317 g/mol. The molecule has 110 valence electrons. The first kappa shape index (κ1) is 15.2. The number of halogens is 4. The summed E-state index contributed by atoms with van der Waals surface area (Å²) in [7, 11) is 0. The minimum Gasteiger partial charge on any atom is -0.483 e. The lowest BCUT2D eigenvalue weighted by atomic mass is 10.2. The van der Waals surface area contributed by atoms with Gasteiger partial charge < -0.3 is 9.84 Å². The molecule has 0 unspecified atom stereocenters. The third kappa shape index (κ3) is 3.46. The lowest BCUT2D eigenvalue weighted by Gasteiger charge is -2.09. The van der Waals surface area contributed by atoms with E-state index in [1.807, 2.05) is 0 Å². The van der Waals surface area contributed by atoms with Crippen LogP contribution in [0.2, 0.25) is 5.02 Å². The molecule has 2 rings (SSSR count). The van der Waals surface area contributed by atoms with E-state index in [-0.39, 0.29) is 11.6 Å². The molecule has 0 aliphatic rings. The molecule has 2 aromatic rings. The molecular weight excluding hydrogens is 309 g/mol. The number of carboxylic acids is 1. The molecule has 0 radical (unpaired) electrons. The minimum atomic E-state index is -1.45. The van der Waals surface area contributed by atoms with Crippen LogP contribution in [0.25, 0.3) is 0 Å². The Balaban J connectivity index is 2.20. The molecule has 3 nitrogen and oxygen atoms in total. The van der Waals surface area contributed by atoms with Gasteiger partial charge in [-0.3, -0.25) is 0 Å².